The SMILES string of the molecule is Nc1c(Nc2ccc(C(=O)O)cc2)ncnc1N1CCN(c2cccc(Cl)c2)CC1. The molecule has 154 valence electrons. The van der Waals surface area contributed by atoms with E-state index in [2.05, 4.69) is 31.2 Å². The van der Waals surface area contributed by atoms with Crippen LogP contribution in [0.1, 0.15) is 10.4 Å². The molecule has 0 atom stereocenters. The topological polar surface area (TPSA) is 108 Å². The van der Waals surface area contributed by atoms with Crippen molar-refractivity contribution >= 4 is 46.3 Å². The minimum absolute atomic E-state index is 0.217. The van der Waals surface area contributed by atoms with Gasteiger partial charge in [-0.3, -0.25) is 0 Å². The summed E-state index contributed by atoms with van der Waals surface area (Å²) in [4.78, 5) is 24.0. The van der Waals surface area contributed by atoms with Gasteiger partial charge in [0.25, 0.3) is 0 Å². The van der Waals surface area contributed by atoms with Crippen molar-refractivity contribution in [1.82, 2.24) is 9.97 Å². The third kappa shape index (κ3) is 4.23. The van der Waals surface area contributed by atoms with Crippen LogP contribution in [0.2, 0.25) is 5.02 Å². The second-order valence-electron chi connectivity index (χ2n) is 6.92. The van der Waals surface area contributed by atoms with Gasteiger partial charge in [-0.2, -0.15) is 0 Å². The molecule has 1 aliphatic rings. The Kier molecular flexibility index (Phi) is 5.58. The Morgan fingerprint density at radius 2 is 1.73 bits per heavy atom. The number of benzene rings is 2. The quantitative estimate of drug-likeness (QED) is 0.571. The number of nitrogen functional groups attached to an aromatic ring is 1. The zero-order valence-electron chi connectivity index (χ0n) is 16.1. The van der Waals surface area contributed by atoms with E-state index in [0.29, 0.717) is 23.0 Å². The smallest absolute Gasteiger partial charge is 0.335 e. The fourth-order valence-electron chi connectivity index (χ4n) is 3.42. The lowest BCUT2D eigenvalue weighted by atomic mass is 10.2. The molecule has 2 heterocycles. The summed E-state index contributed by atoms with van der Waals surface area (Å²) >= 11 is 6.11. The summed E-state index contributed by atoms with van der Waals surface area (Å²) in [7, 11) is 0. The Hall–Kier alpha value is -3.52. The first-order chi connectivity index (χ1) is 14.5. The molecule has 1 aliphatic heterocycles. The first-order valence-electron chi connectivity index (χ1n) is 9.47. The van der Waals surface area contributed by atoms with Gasteiger partial charge in [0.2, 0.25) is 0 Å². The fraction of sp³-hybridized carbons (Fsp3) is 0.190. The van der Waals surface area contributed by atoms with Gasteiger partial charge in [-0.1, -0.05) is 17.7 Å². The highest BCUT2D eigenvalue weighted by Gasteiger charge is 2.21. The third-order valence-corrected chi connectivity index (χ3v) is 5.25. The molecule has 0 amide bonds. The van der Waals surface area contributed by atoms with Gasteiger partial charge in [0, 0.05) is 42.6 Å². The van der Waals surface area contributed by atoms with Crippen LogP contribution in [-0.2, 0) is 0 Å². The molecule has 0 saturated carbocycles. The predicted molar refractivity (Wildman–Crippen MR) is 119 cm³/mol. The number of rotatable bonds is 5. The Labute approximate surface area is 178 Å². The van der Waals surface area contributed by atoms with Crippen molar-refractivity contribution < 1.29 is 9.90 Å². The molecule has 0 spiro atoms. The summed E-state index contributed by atoms with van der Waals surface area (Å²) in [6, 6.07) is 14.2. The average molecular weight is 425 g/mol. The maximum absolute atomic E-state index is 11.0. The van der Waals surface area contributed by atoms with Gasteiger partial charge >= 0.3 is 5.97 Å². The summed E-state index contributed by atoms with van der Waals surface area (Å²) in [5, 5.41) is 12.9. The first-order valence-corrected chi connectivity index (χ1v) is 9.85. The standard InChI is InChI=1S/C21H21ClN6O2/c22-15-2-1-3-17(12-15)27-8-10-28(11-9-27)20-18(23)19(24-13-25-20)26-16-6-4-14(5-7-16)21(29)30/h1-7,12-13H,8-11,23H2,(H,29,30)(H,24,25,26). The monoisotopic (exact) mass is 424 g/mol. The number of aromatic nitrogens is 2. The Balaban J connectivity index is 1.46. The normalized spacial score (nSPS) is 13.9. The van der Waals surface area contributed by atoms with Crippen molar-refractivity contribution in [2.75, 3.05) is 47.0 Å². The van der Waals surface area contributed by atoms with E-state index in [-0.39, 0.29) is 5.56 Å². The van der Waals surface area contributed by atoms with Crippen molar-refractivity contribution in [3.8, 4) is 0 Å². The third-order valence-electron chi connectivity index (χ3n) is 5.01. The largest absolute Gasteiger partial charge is 0.478 e. The predicted octanol–water partition coefficient (Wildman–Crippen LogP) is 3.48. The minimum atomic E-state index is -0.970. The number of nitrogens with two attached hydrogens (primary N) is 1. The zero-order chi connectivity index (χ0) is 21.1. The summed E-state index contributed by atoms with van der Waals surface area (Å²) in [6.45, 7) is 3.17. The molecule has 0 aliphatic carbocycles. The van der Waals surface area contributed by atoms with Crippen LogP contribution in [0.4, 0.5) is 28.7 Å². The van der Waals surface area contributed by atoms with Crippen molar-refractivity contribution in [1.29, 1.82) is 0 Å². The fourth-order valence-corrected chi connectivity index (χ4v) is 3.60. The van der Waals surface area contributed by atoms with Gasteiger partial charge in [-0.25, -0.2) is 14.8 Å². The summed E-state index contributed by atoms with van der Waals surface area (Å²) in [5.74, 6) is 0.197. The molecule has 1 saturated heterocycles. The molecule has 4 N–H and O–H groups in total. The molecular weight excluding hydrogens is 404 g/mol. The maximum atomic E-state index is 11.0. The van der Waals surface area contributed by atoms with E-state index in [4.69, 9.17) is 22.4 Å². The van der Waals surface area contributed by atoms with Crippen LogP contribution >= 0.6 is 11.6 Å². The van der Waals surface area contributed by atoms with Crippen LogP contribution in [0.15, 0.2) is 54.9 Å². The number of carboxylic acids is 1. The number of halogens is 1. The van der Waals surface area contributed by atoms with Gasteiger partial charge in [0.1, 0.15) is 12.0 Å². The second-order valence-corrected chi connectivity index (χ2v) is 7.36. The van der Waals surface area contributed by atoms with E-state index in [1.165, 1.54) is 18.5 Å². The number of hydrogen-bond acceptors (Lipinski definition) is 7. The van der Waals surface area contributed by atoms with Gasteiger partial charge < -0.3 is 26.0 Å². The lowest BCUT2D eigenvalue weighted by Crippen LogP contribution is -2.47. The first kappa shape index (κ1) is 19.8. The Morgan fingerprint density at radius 3 is 2.40 bits per heavy atom. The van der Waals surface area contributed by atoms with Crippen LogP contribution < -0.4 is 20.9 Å². The van der Waals surface area contributed by atoms with E-state index in [1.54, 1.807) is 12.1 Å². The van der Waals surface area contributed by atoms with Crippen LogP contribution in [0.25, 0.3) is 0 Å². The van der Waals surface area contributed by atoms with Crippen molar-refractivity contribution in [3.05, 3.63) is 65.4 Å². The molecule has 8 nitrogen and oxygen atoms in total. The lowest BCUT2D eigenvalue weighted by Gasteiger charge is -2.37. The molecule has 3 aromatic rings. The molecule has 0 unspecified atom stereocenters. The molecular formula is C21H21ClN6O2. The van der Waals surface area contributed by atoms with Gasteiger partial charge in [0.15, 0.2) is 11.6 Å². The Morgan fingerprint density at radius 1 is 1.03 bits per heavy atom. The highest BCUT2D eigenvalue weighted by molar-refractivity contribution is 6.30. The van der Waals surface area contributed by atoms with E-state index in [0.717, 1.165) is 36.9 Å². The minimum Gasteiger partial charge on any atom is -0.478 e. The molecule has 0 radical (unpaired) electrons. The average Bonchev–Trinajstić information content (AvgIpc) is 2.76. The molecule has 2 aromatic carbocycles. The number of nitrogens with zero attached hydrogens (tertiary/aromatic N) is 4. The summed E-state index contributed by atoms with van der Waals surface area (Å²) < 4.78 is 0. The molecule has 9 heteroatoms. The summed E-state index contributed by atoms with van der Waals surface area (Å²) in [6.07, 6.45) is 1.48. The van der Waals surface area contributed by atoms with Crippen LogP contribution in [0.5, 0.6) is 0 Å². The molecule has 1 fully saturated rings. The maximum Gasteiger partial charge on any atom is 0.335 e. The second kappa shape index (κ2) is 8.46. The highest BCUT2D eigenvalue weighted by atomic mass is 35.5. The highest BCUT2D eigenvalue weighted by Crippen LogP contribution is 2.30. The van der Waals surface area contributed by atoms with E-state index < -0.39 is 5.97 Å². The number of anilines is 5. The Bertz CT molecular complexity index is 1050. The molecule has 30 heavy (non-hydrogen) atoms. The van der Waals surface area contributed by atoms with Crippen LogP contribution in [0.3, 0.4) is 0 Å². The number of piperazine rings is 1. The van der Waals surface area contributed by atoms with Crippen molar-refractivity contribution in [3.63, 3.8) is 0 Å². The van der Waals surface area contributed by atoms with E-state index >= 15 is 0 Å². The molecule has 0 bridgehead atoms. The van der Waals surface area contributed by atoms with Crippen LogP contribution in [0, 0.1) is 0 Å². The molecule has 1 aromatic heterocycles. The van der Waals surface area contributed by atoms with Crippen LogP contribution in [-0.4, -0.2) is 47.2 Å². The van der Waals surface area contributed by atoms with E-state index in [1.807, 2.05) is 18.2 Å². The molecule has 4 rings (SSSR count). The number of carboxylic acid groups (broad SMARTS) is 1. The lowest BCUT2D eigenvalue weighted by molar-refractivity contribution is 0.0697. The number of aromatic carboxylic acids is 1. The van der Waals surface area contributed by atoms with E-state index in [9.17, 15) is 4.79 Å². The number of carbonyl (C=O) groups is 1. The van der Waals surface area contributed by atoms with Gasteiger partial charge in [-0.05, 0) is 42.5 Å². The van der Waals surface area contributed by atoms with Gasteiger partial charge in [-0.15, -0.1) is 0 Å². The number of nitrogens with one attached hydrogen (secondary N) is 1. The number of hydrogen-bond donors (Lipinski definition) is 3. The van der Waals surface area contributed by atoms with Gasteiger partial charge in [0.05, 0.1) is 5.56 Å². The summed E-state index contributed by atoms with van der Waals surface area (Å²) in [5.41, 5.74) is 8.82. The zero-order valence-corrected chi connectivity index (χ0v) is 16.9. The van der Waals surface area contributed by atoms with Crippen molar-refractivity contribution in [2.45, 2.75) is 0 Å². The van der Waals surface area contributed by atoms with Crippen molar-refractivity contribution in [2.24, 2.45) is 0 Å².